The van der Waals surface area contributed by atoms with E-state index in [0.29, 0.717) is 18.4 Å². The molecular weight excluding hydrogens is 723 g/mol. The van der Waals surface area contributed by atoms with E-state index in [2.05, 4.69) is 0 Å². The van der Waals surface area contributed by atoms with Crippen LogP contribution in [0.2, 0.25) is 0 Å². The fraction of sp³-hybridized carbons (Fsp3) is 0.500. The zero-order chi connectivity index (χ0) is 42.6. The molecule has 3 aromatic rings. The van der Waals surface area contributed by atoms with Crippen LogP contribution in [0.1, 0.15) is 68.4 Å². The van der Waals surface area contributed by atoms with Crippen LogP contribution in [-0.4, -0.2) is 109 Å². The second-order valence-electron chi connectivity index (χ2n) is 15.9. The van der Waals surface area contributed by atoms with E-state index in [4.69, 9.17) is 9.47 Å². The normalized spacial score (nSPS) is 14.5. The lowest BCUT2D eigenvalue weighted by Crippen LogP contribution is -2.55. The van der Waals surface area contributed by atoms with Crippen molar-refractivity contribution in [2.24, 2.45) is 17.8 Å². The number of methoxy groups -OCH3 is 1. The van der Waals surface area contributed by atoms with Gasteiger partial charge in [-0.25, -0.2) is 4.79 Å². The summed E-state index contributed by atoms with van der Waals surface area (Å²) in [6.45, 7) is 11.4. The van der Waals surface area contributed by atoms with Crippen LogP contribution in [0.15, 0.2) is 72.8 Å². The first kappa shape index (κ1) is 46.4. The Kier molecular flexibility index (Phi) is 17.5. The zero-order valence-corrected chi connectivity index (χ0v) is 35.7. The number of carbonyl (C=O) groups is 5. The van der Waals surface area contributed by atoms with Crippen LogP contribution >= 0.6 is 0 Å². The number of phenolic OH excluding ortho intramolecular Hbond substituents is 1. The third-order valence-electron chi connectivity index (χ3n) is 11.0. The standard InChI is InChI=1S/C46H63N3O8/c1-12-32(6)42(57-46(55)39(47(7)8)26-33-17-13-30(4)14-18-33)41(51)28-37(29(2)3)43(52)48(9)38(25-35-21-23-36(50)24-22-35)44(53)49(10)40(45(54)56-11)27-34-19-15-31(5)16-20-34/h13-24,29,32,37-40,42,50H,12,25-28H2,1-11H3/t32-,37+,38-,39+,40-,42-/m1/s1. The van der Waals surface area contributed by atoms with Crippen LogP contribution in [0.25, 0.3) is 0 Å². The number of nitrogens with zero attached hydrogens (tertiary/aromatic N) is 3. The molecule has 3 aromatic carbocycles. The van der Waals surface area contributed by atoms with Gasteiger partial charge in [-0.3, -0.25) is 24.1 Å². The van der Waals surface area contributed by atoms with E-state index in [-0.39, 0.29) is 42.6 Å². The van der Waals surface area contributed by atoms with E-state index in [9.17, 15) is 29.1 Å². The number of rotatable bonds is 20. The zero-order valence-electron chi connectivity index (χ0n) is 35.7. The van der Waals surface area contributed by atoms with E-state index >= 15 is 0 Å². The maximum atomic E-state index is 14.6. The molecule has 0 bridgehead atoms. The summed E-state index contributed by atoms with van der Waals surface area (Å²) in [6.07, 6.45) is -0.0562. The van der Waals surface area contributed by atoms with Gasteiger partial charge in [0.1, 0.15) is 23.9 Å². The summed E-state index contributed by atoms with van der Waals surface area (Å²) < 4.78 is 11.2. The number of aromatic hydroxyl groups is 1. The van der Waals surface area contributed by atoms with Crippen LogP contribution in [0, 0.1) is 31.6 Å². The van der Waals surface area contributed by atoms with E-state index in [1.165, 1.54) is 43.1 Å². The van der Waals surface area contributed by atoms with Crippen molar-refractivity contribution in [3.63, 3.8) is 0 Å². The summed E-state index contributed by atoms with van der Waals surface area (Å²) in [5.74, 6) is -3.85. The first-order chi connectivity index (χ1) is 26.9. The monoisotopic (exact) mass is 785 g/mol. The minimum absolute atomic E-state index is 0.0500. The summed E-state index contributed by atoms with van der Waals surface area (Å²) in [4.78, 5) is 74.7. The summed E-state index contributed by atoms with van der Waals surface area (Å²) in [7, 11) is 7.92. The molecule has 0 aliphatic rings. The molecule has 0 aliphatic carbocycles. The number of Topliss-reactive ketones (excluding diaryl/α,β-unsaturated/α-hetero) is 1. The van der Waals surface area contributed by atoms with Gasteiger partial charge < -0.3 is 24.4 Å². The number of esters is 2. The van der Waals surface area contributed by atoms with Gasteiger partial charge in [0.05, 0.1) is 7.11 Å². The third-order valence-corrected chi connectivity index (χ3v) is 11.0. The van der Waals surface area contributed by atoms with Gasteiger partial charge in [-0.1, -0.05) is 99.5 Å². The topological polar surface area (TPSA) is 134 Å². The molecule has 0 fully saturated rings. The van der Waals surface area contributed by atoms with Crippen molar-refractivity contribution in [1.29, 1.82) is 0 Å². The molecule has 0 heterocycles. The Hall–Kier alpha value is -5.03. The van der Waals surface area contributed by atoms with Gasteiger partial charge in [-0.15, -0.1) is 0 Å². The minimum atomic E-state index is -1.08. The molecule has 1 N–H and O–H groups in total. The SMILES string of the molecule is CC[C@@H](C)[C@@H](OC(=O)[C@H](Cc1ccc(C)cc1)N(C)C)C(=O)C[C@H](C(=O)N(C)[C@H](Cc1ccc(O)cc1)C(=O)N(C)[C@H](Cc1ccc(C)cc1)C(=O)OC)C(C)C. The molecule has 310 valence electrons. The quantitative estimate of drug-likeness (QED) is 0.137. The number of ether oxygens (including phenoxy) is 2. The third kappa shape index (κ3) is 13.0. The predicted molar refractivity (Wildman–Crippen MR) is 221 cm³/mol. The number of benzene rings is 3. The Morgan fingerprint density at radius 2 is 1.07 bits per heavy atom. The second-order valence-corrected chi connectivity index (χ2v) is 15.9. The molecule has 0 aromatic heterocycles. The highest BCUT2D eigenvalue weighted by Crippen LogP contribution is 2.26. The summed E-state index contributed by atoms with van der Waals surface area (Å²) in [6, 6.07) is 19.2. The van der Waals surface area contributed by atoms with Gasteiger partial charge in [-0.2, -0.15) is 0 Å². The molecule has 0 saturated heterocycles. The van der Waals surface area contributed by atoms with Gasteiger partial charge in [0.2, 0.25) is 11.8 Å². The van der Waals surface area contributed by atoms with Gasteiger partial charge in [0, 0.05) is 45.2 Å². The molecule has 11 nitrogen and oxygen atoms in total. The molecule has 11 heteroatoms. The number of hydrogen-bond acceptors (Lipinski definition) is 9. The highest BCUT2D eigenvalue weighted by molar-refractivity contribution is 5.94. The Morgan fingerprint density at radius 3 is 1.51 bits per heavy atom. The first-order valence-corrected chi connectivity index (χ1v) is 19.8. The number of ketones is 1. The van der Waals surface area contributed by atoms with Gasteiger partial charge >= 0.3 is 11.9 Å². The summed E-state index contributed by atoms with van der Waals surface area (Å²) >= 11 is 0. The smallest absolute Gasteiger partial charge is 0.328 e. The van der Waals surface area contributed by atoms with Crippen molar-refractivity contribution >= 4 is 29.5 Å². The number of carbonyl (C=O) groups excluding carboxylic acids is 5. The predicted octanol–water partition coefficient (Wildman–Crippen LogP) is 5.98. The van der Waals surface area contributed by atoms with Crippen molar-refractivity contribution in [1.82, 2.24) is 14.7 Å². The summed E-state index contributed by atoms with van der Waals surface area (Å²) in [5.41, 5.74) is 4.63. The maximum Gasteiger partial charge on any atom is 0.328 e. The molecule has 0 radical (unpaired) electrons. The van der Waals surface area contributed by atoms with E-state index in [0.717, 1.165) is 22.3 Å². The molecule has 6 atom stereocenters. The first-order valence-electron chi connectivity index (χ1n) is 19.8. The Morgan fingerprint density at radius 1 is 0.632 bits per heavy atom. The Labute approximate surface area is 339 Å². The summed E-state index contributed by atoms with van der Waals surface area (Å²) in [5, 5.41) is 9.95. The average molecular weight is 786 g/mol. The van der Waals surface area contributed by atoms with Gasteiger partial charge in [-0.05, 0) is 75.5 Å². The van der Waals surface area contributed by atoms with Crippen molar-refractivity contribution < 1.29 is 38.6 Å². The van der Waals surface area contributed by atoms with Crippen molar-refractivity contribution in [3.05, 3.63) is 101 Å². The molecule has 57 heavy (non-hydrogen) atoms. The van der Waals surface area contributed by atoms with Crippen LogP contribution in [0.3, 0.4) is 0 Å². The number of amides is 2. The largest absolute Gasteiger partial charge is 0.508 e. The van der Waals surface area contributed by atoms with E-state index in [1.807, 2.05) is 90.1 Å². The highest BCUT2D eigenvalue weighted by atomic mass is 16.5. The second kappa shape index (κ2) is 21.5. The Bertz CT molecular complexity index is 1790. The van der Waals surface area contributed by atoms with Crippen molar-refractivity contribution in [2.75, 3.05) is 35.3 Å². The van der Waals surface area contributed by atoms with Gasteiger partial charge in [0.25, 0.3) is 0 Å². The maximum absolute atomic E-state index is 14.6. The molecule has 0 saturated carbocycles. The lowest BCUT2D eigenvalue weighted by Gasteiger charge is -2.36. The van der Waals surface area contributed by atoms with Crippen LogP contribution in [0.4, 0.5) is 0 Å². The van der Waals surface area contributed by atoms with E-state index < -0.39 is 53.9 Å². The molecule has 3 rings (SSSR count). The number of hydrogen-bond donors (Lipinski definition) is 1. The lowest BCUT2D eigenvalue weighted by molar-refractivity contribution is -0.163. The number of aryl methyl sites for hydroxylation is 2. The molecule has 0 unspecified atom stereocenters. The van der Waals surface area contributed by atoms with Crippen LogP contribution < -0.4 is 0 Å². The highest BCUT2D eigenvalue weighted by Gasteiger charge is 2.40. The Balaban J connectivity index is 1.93. The lowest BCUT2D eigenvalue weighted by atomic mass is 9.85. The van der Waals surface area contributed by atoms with Crippen LogP contribution in [0.5, 0.6) is 5.75 Å². The molecule has 0 spiro atoms. The van der Waals surface area contributed by atoms with Gasteiger partial charge in [0.15, 0.2) is 11.9 Å². The fourth-order valence-electron chi connectivity index (χ4n) is 6.79. The van der Waals surface area contributed by atoms with Crippen molar-refractivity contribution in [3.8, 4) is 5.75 Å². The minimum Gasteiger partial charge on any atom is -0.508 e. The molecule has 2 amide bonds. The van der Waals surface area contributed by atoms with Crippen molar-refractivity contribution in [2.45, 2.75) is 97.9 Å². The number of likely N-dealkylation sites (N-methyl/N-ethyl adjacent to an activating group) is 3. The average Bonchev–Trinajstić information content (AvgIpc) is 3.19. The molecule has 0 aliphatic heterocycles. The van der Waals surface area contributed by atoms with Crippen LogP contribution in [-0.2, 0) is 52.7 Å². The number of phenols is 1. The molecular formula is C46H63N3O8. The fourth-order valence-corrected chi connectivity index (χ4v) is 6.79. The van der Waals surface area contributed by atoms with E-state index in [1.54, 1.807) is 31.1 Å².